The van der Waals surface area contributed by atoms with E-state index in [4.69, 9.17) is 9.47 Å². The number of rotatable bonds is 6. The largest absolute Gasteiger partial charge is 0.381 e. The van der Waals surface area contributed by atoms with E-state index >= 15 is 0 Å². The van der Waals surface area contributed by atoms with Gasteiger partial charge < -0.3 is 14.4 Å². The summed E-state index contributed by atoms with van der Waals surface area (Å²) < 4.78 is 12.1. The molecule has 1 spiro atoms. The van der Waals surface area contributed by atoms with Gasteiger partial charge in [0, 0.05) is 32.9 Å². The molecule has 1 unspecified atom stereocenters. The number of hydrogen-bond acceptors (Lipinski definition) is 4. The van der Waals surface area contributed by atoms with Crippen molar-refractivity contribution in [2.75, 3.05) is 32.9 Å². The molecule has 3 heterocycles. The third-order valence-electron chi connectivity index (χ3n) is 6.01. The highest BCUT2D eigenvalue weighted by Gasteiger charge is 2.41. The van der Waals surface area contributed by atoms with Gasteiger partial charge in [-0.3, -0.25) is 4.79 Å². The highest BCUT2D eigenvalue weighted by Crippen LogP contribution is 2.39. The van der Waals surface area contributed by atoms with E-state index in [1.807, 2.05) is 22.4 Å². The average molecular weight is 364 g/mol. The van der Waals surface area contributed by atoms with Crippen LogP contribution in [0.1, 0.15) is 54.6 Å². The van der Waals surface area contributed by atoms with Crippen molar-refractivity contribution in [1.29, 1.82) is 0 Å². The van der Waals surface area contributed by atoms with Gasteiger partial charge in [0.1, 0.15) is 0 Å². The van der Waals surface area contributed by atoms with Crippen LogP contribution in [0.15, 0.2) is 17.5 Å². The first kappa shape index (κ1) is 17.5. The predicted molar refractivity (Wildman–Crippen MR) is 99.0 cm³/mol. The van der Waals surface area contributed by atoms with Gasteiger partial charge in [0.25, 0.3) is 5.91 Å². The number of hydrogen-bond donors (Lipinski definition) is 0. The minimum absolute atomic E-state index is 0.00559. The first-order valence-electron chi connectivity index (χ1n) is 9.79. The summed E-state index contributed by atoms with van der Waals surface area (Å²) in [7, 11) is 0. The number of carbonyl (C=O) groups is 1. The Bertz CT molecular complexity index is 562. The van der Waals surface area contributed by atoms with Crippen LogP contribution in [0.3, 0.4) is 0 Å². The summed E-state index contributed by atoms with van der Waals surface area (Å²) in [6.07, 6.45) is 8.14. The molecular formula is C20H29NO3S. The van der Waals surface area contributed by atoms with E-state index in [-0.39, 0.29) is 11.5 Å². The minimum atomic E-state index is 0.00559. The second-order valence-corrected chi connectivity index (χ2v) is 8.91. The first-order valence-corrected chi connectivity index (χ1v) is 10.7. The fraction of sp³-hybridized carbons (Fsp3) is 0.750. The molecule has 1 aliphatic carbocycles. The Kier molecular flexibility index (Phi) is 5.44. The molecule has 25 heavy (non-hydrogen) atoms. The van der Waals surface area contributed by atoms with Gasteiger partial charge in [-0.05, 0) is 68.2 Å². The second-order valence-electron chi connectivity index (χ2n) is 7.97. The Morgan fingerprint density at radius 1 is 1.28 bits per heavy atom. The summed E-state index contributed by atoms with van der Waals surface area (Å²) in [6, 6.07) is 3.87. The molecule has 2 saturated heterocycles. The number of amides is 1. The predicted octanol–water partition coefficient (Wildman–Crippen LogP) is 3.97. The van der Waals surface area contributed by atoms with E-state index in [0.29, 0.717) is 5.92 Å². The van der Waals surface area contributed by atoms with Crippen LogP contribution in [0.4, 0.5) is 0 Å². The standard InChI is InChI=1S/C20H29NO3S/c22-19(18-2-1-13-25-18)21-9-7-20(8-10-21)14-16(6-12-24-20)5-11-23-15-17-3-4-17/h1-2,13,16-17H,3-12,14-15H2. The molecule has 1 atom stereocenters. The van der Waals surface area contributed by atoms with Gasteiger partial charge in [-0.25, -0.2) is 0 Å². The molecule has 0 radical (unpaired) electrons. The zero-order chi connectivity index (χ0) is 17.1. The Morgan fingerprint density at radius 3 is 2.84 bits per heavy atom. The molecule has 3 aliphatic rings. The van der Waals surface area contributed by atoms with Crippen molar-refractivity contribution in [3.8, 4) is 0 Å². The van der Waals surface area contributed by atoms with Crippen LogP contribution in [0.5, 0.6) is 0 Å². The monoisotopic (exact) mass is 363 g/mol. The molecule has 1 aromatic heterocycles. The zero-order valence-electron chi connectivity index (χ0n) is 15.0. The van der Waals surface area contributed by atoms with Gasteiger partial charge in [0.2, 0.25) is 0 Å². The quantitative estimate of drug-likeness (QED) is 0.718. The fourth-order valence-electron chi connectivity index (χ4n) is 4.18. The number of ether oxygens (including phenoxy) is 2. The second kappa shape index (κ2) is 7.77. The molecular weight excluding hydrogens is 334 g/mol. The maximum atomic E-state index is 12.5. The number of piperidine rings is 1. The van der Waals surface area contributed by atoms with Gasteiger partial charge in [0.15, 0.2) is 0 Å². The van der Waals surface area contributed by atoms with E-state index in [1.54, 1.807) is 0 Å². The maximum absolute atomic E-state index is 12.5. The highest BCUT2D eigenvalue weighted by molar-refractivity contribution is 7.12. The Morgan fingerprint density at radius 2 is 2.12 bits per heavy atom. The molecule has 0 N–H and O–H groups in total. The maximum Gasteiger partial charge on any atom is 0.263 e. The third kappa shape index (κ3) is 4.44. The third-order valence-corrected chi connectivity index (χ3v) is 6.87. The molecule has 5 heteroatoms. The smallest absolute Gasteiger partial charge is 0.263 e. The zero-order valence-corrected chi connectivity index (χ0v) is 15.8. The average Bonchev–Trinajstić information content (AvgIpc) is 3.29. The minimum Gasteiger partial charge on any atom is -0.381 e. The van der Waals surface area contributed by atoms with E-state index < -0.39 is 0 Å². The summed E-state index contributed by atoms with van der Waals surface area (Å²) >= 11 is 1.53. The van der Waals surface area contributed by atoms with Crippen molar-refractivity contribution in [2.24, 2.45) is 11.8 Å². The van der Waals surface area contributed by atoms with Crippen molar-refractivity contribution < 1.29 is 14.3 Å². The molecule has 0 bridgehead atoms. The molecule has 4 rings (SSSR count). The number of likely N-dealkylation sites (tertiary alicyclic amines) is 1. The first-order chi connectivity index (χ1) is 12.2. The van der Waals surface area contributed by atoms with Crippen molar-refractivity contribution >= 4 is 17.2 Å². The lowest BCUT2D eigenvalue weighted by atomic mass is 9.78. The van der Waals surface area contributed by atoms with Gasteiger partial charge in [0.05, 0.1) is 10.5 Å². The van der Waals surface area contributed by atoms with Gasteiger partial charge >= 0.3 is 0 Å². The summed E-state index contributed by atoms with van der Waals surface area (Å²) in [5, 5.41) is 1.97. The van der Waals surface area contributed by atoms with Crippen LogP contribution >= 0.6 is 11.3 Å². The lowest BCUT2D eigenvalue weighted by Gasteiger charge is -2.46. The van der Waals surface area contributed by atoms with Crippen LogP contribution in [0, 0.1) is 11.8 Å². The van der Waals surface area contributed by atoms with Gasteiger partial charge in [-0.15, -0.1) is 11.3 Å². The lowest BCUT2D eigenvalue weighted by molar-refractivity contribution is -0.126. The summed E-state index contributed by atoms with van der Waals surface area (Å²) in [6.45, 7) is 4.38. The van der Waals surface area contributed by atoms with Crippen molar-refractivity contribution in [3.05, 3.63) is 22.4 Å². The Hall–Kier alpha value is -0.910. The van der Waals surface area contributed by atoms with Crippen molar-refractivity contribution in [1.82, 2.24) is 4.90 Å². The van der Waals surface area contributed by atoms with E-state index in [9.17, 15) is 4.79 Å². The summed E-state index contributed by atoms with van der Waals surface area (Å²) in [5.74, 6) is 1.75. The Labute approximate surface area is 154 Å². The molecule has 4 nitrogen and oxygen atoms in total. The number of nitrogens with zero attached hydrogens (tertiary/aromatic N) is 1. The molecule has 1 saturated carbocycles. The summed E-state index contributed by atoms with van der Waals surface area (Å²) in [4.78, 5) is 15.4. The molecule has 0 aromatic carbocycles. The topological polar surface area (TPSA) is 38.8 Å². The molecule has 1 amide bonds. The number of carbonyl (C=O) groups excluding carboxylic acids is 1. The number of thiophene rings is 1. The molecule has 1 aromatic rings. The van der Waals surface area contributed by atoms with E-state index in [2.05, 4.69) is 0 Å². The van der Waals surface area contributed by atoms with Crippen molar-refractivity contribution in [3.63, 3.8) is 0 Å². The summed E-state index contributed by atoms with van der Waals surface area (Å²) in [5.41, 5.74) is 0.00559. The van der Waals surface area contributed by atoms with Crippen LogP contribution in [-0.4, -0.2) is 49.3 Å². The lowest BCUT2D eigenvalue weighted by Crippen LogP contribution is -2.50. The SMILES string of the molecule is O=C(c1cccs1)N1CCC2(CC1)CC(CCOCC1CC1)CCO2. The molecule has 138 valence electrons. The molecule has 2 aliphatic heterocycles. The fourth-order valence-corrected chi connectivity index (χ4v) is 4.87. The van der Waals surface area contributed by atoms with Gasteiger partial charge in [-0.1, -0.05) is 6.07 Å². The van der Waals surface area contributed by atoms with Crippen LogP contribution < -0.4 is 0 Å². The Balaban J connectivity index is 1.24. The van der Waals surface area contributed by atoms with E-state index in [0.717, 1.165) is 75.8 Å². The highest BCUT2D eigenvalue weighted by atomic mass is 32.1. The normalized spacial score (nSPS) is 26.1. The van der Waals surface area contributed by atoms with Crippen LogP contribution in [0.2, 0.25) is 0 Å². The van der Waals surface area contributed by atoms with Crippen molar-refractivity contribution in [2.45, 2.75) is 50.5 Å². The van der Waals surface area contributed by atoms with E-state index in [1.165, 1.54) is 24.2 Å². The molecule has 3 fully saturated rings. The van der Waals surface area contributed by atoms with Crippen LogP contribution in [0.25, 0.3) is 0 Å². The van der Waals surface area contributed by atoms with Gasteiger partial charge in [-0.2, -0.15) is 0 Å². The van der Waals surface area contributed by atoms with Crippen LogP contribution in [-0.2, 0) is 9.47 Å².